The van der Waals surface area contributed by atoms with Gasteiger partial charge in [-0.25, -0.2) is 0 Å². The van der Waals surface area contributed by atoms with E-state index in [2.05, 4.69) is 19.2 Å². The maximum absolute atomic E-state index is 5.93. The Labute approximate surface area is 105 Å². The molecule has 5 atom stereocenters. The molecular formula is C15H27NO. The van der Waals surface area contributed by atoms with Gasteiger partial charge < -0.3 is 10.1 Å². The van der Waals surface area contributed by atoms with Crippen molar-refractivity contribution < 1.29 is 4.74 Å². The first-order valence-corrected chi connectivity index (χ1v) is 7.61. The molecule has 17 heavy (non-hydrogen) atoms. The summed E-state index contributed by atoms with van der Waals surface area (Å²) in [5.41, 5.74) is 0. The summed E-state index contributed by atoms with van der Waals surface area (Å²) < 4.78 is 5.93. The summed E-state index contributed by atoms with van der Waals surface area (Å²) in [7, 11) is 0. The summed E-state index contributed by atoms with van der Waals surface area (Å²) in [4.78, 5) is 0. The average Bonchev–Trinajstić information content (AvgIpc) is 3.05. The summed E-state index contributed by atoms with van der Waals surface area (Å²) in [6.07, 6.45) is 8.78. The minimum atomic E-state index is 0.541. The first kappa shape index (κ1) is 12.0. The highest BCUT2D eigenvalue weighted by molar-refractivity contribution is 4.96. The van der Waals surface area contributed by atoms with Gasteiger partial charge in [-0.1, -0.05) is 20.3 Å². The van der Waals surface area contributed by atoms with Crippen LogP contribution in [-0.4, -0.2) is 24.8 Å². The van der Waals surface area contributed by atoms with Gasteiger partial charge in [-0.2, -0.15) is 0 Å². The lowest BCUT2D eigenvalue weighted by Crippen LogP contribution is -2.48. The van der Waals surface area contributed by atoms with Gasteiger partial charge in [0.1, 0.15) is 0 Å². The maximum Gasteiger partial charge on any atom is 0.0757 e. The number of hydrogen-bond acceptors (Lipinski definition) is 2. The molecule has 1 N–H and O–H groups in total. The zero-order valence-electron chi connectivity index (χ0n) is 11.3. The molecule has 5 unspecified atom stereocenters. The van der Waals surface area contributed by atoms with Crippen LogP contribution in [0.15, 0.2) is 0 Å². The molecule has 1 aliphatic heterocycles. The molecule has 0 spiro atoms. The summed E-state index contributed by atoms with van der Waals surface area (Å²) in [5, 5.41) is 3.94. The SMILES string of the molecule is CC1CCC(C)C(NC2CCOC2C2CC2)C1. The fraction of sp³-hybridized carbons (Fsp3) is 1.00. The highest BCUT2D eigenvalue weighted by atomic mass is 16.5. The van der Waals surface area contributed by atoms with E-state index in [1.165, 1.54) is 38.5 Å². The van der Waals surface area contributed by atoms with Crippen molar-refractivity contribution in [2.45, 2.75) is 70.6 Å². The minimum Gasteiger partial charge on any atom is -0.376 e. The van der Waals surface area contributed by atoms with Crippen LogP contribution in [0.25, 0.3) is 0 Å². The predicted octanol–water partition coefficient (Wildman–Crippen LogP) is 2.97. The molecule has 3 rings (SSSR count). The second-order valence-corrected chi connectivity index (χ2v) is 6.74. The van der Waals surface area contributed by atoms with Gasteiger partial charge in [-0.15, -0.1) is 0 Å². The van der Waals surface area contributed by atoms with Crippen LogP contribution < -0.4 is 5.32 Å². The molecule has 0 radical (unpaired) electrons. The Kier molecular flexibility index (Phi) is 3.45. The third kappa shape index (κ3) is 2.68. The Morgan fingerprint density at radius 3 is 2.53 bits per heavy atom. The van der Waals surface area contributed by atoms with Gasteiger partial charge in [0, 0.05) is 18.7 Å². The van der Waals surface area contributed by atoms with Gasteiger partial charge in [0.05, 0.1) is 6.10 Å². The molecule has 2 saturated carbocycles. The van der Waals surface area contributed by atoms with E-state index in [9.17, 15) is 0 Å². The molecule has 2 nitrogen and oxygen atoms in total. The Bertz CT molecular complexity index is 264. The van der Waals surface area contributed by atoms with Crippen LogP contribution in [0, 0.1) is 17.8 Å². The molecule has 3 aliphatic rings. The topological polar surface area (TPSA) is 21.3 Å². The van der Waals surface area contributed by atoms with E-state index in [1.54, 1.807) is 0 Å². The van der Waals surface area contributed by atoms with E-state index in [0.29, 0.717) is 12.1 Å². The van der Waals surface area contributed by atoms with E-state index in [0.717, 1.165) is 30.4 Å². The van der Waals surface area contributed by atoms with Gasteiger partial charge in [0.2, 0.25) is 0 Å². The molecule has 0 aromatic heterocycles. The summed E-state index contributed by atoms with van der Waals surface area (Å²) >= 11 is 0. The summed E-state index contributed by atoms with van der Waals surface area (Å²) in [6, 6.07) is 1.40. The van der Waals surface area contributed by atoms with E-state index in [4.69, 9.17) is 4.74 Å². The zero-order valence-corrected chi connectivity index (χ0v) is 11.3. The second-order valence-electron chi connectivity index (χ2n) is 6.74. The van der Waals surface area contributed by atoms with Crippen LogP contribution in [0.3, 0.4) is 0 Å². The quantitative estimate of drug-likeness (QED) is 0.815. The molecule has 0 aromatic rings. The molecule has 0 amide bonds. The molecule has 1 heterocycles. The van der Waals surface area contributed by atoms with Crippen molar-refractivity contribution in [2.24, 2.45) is 17.8 Å². The second kappa shape index (κ2) is 4.89. The smallest absolute Gasteiger partial charge is 0.0757 e. The van der Waals surface area contributed by atoms with Gasteiger partial charge in [0.25, 0.3) is 0 Å². The predicted molar refractivity (Wildman–Crippen MR) is 70.0 cm³/mol. The molecule has 98 valence electrons. The molecule has 3 fully saturated rings. The fourth-order valence-electron chi connectivity index (χ4n) is 3.72. The third-order valence-corrected chi connectivity index (χ3v) is 5.11. The Morgan fingerprint density at radius 2 is 1.76 bits per heavy atom. The van der Waals surface area contributed by atoms with Crippen LogP contribution in [0.4, 0.5) is 0 Å². The normalized spacial score (nSPS) is 47.3. The highest BCUT2D eigenvalue weighted by Gasteiger charge is 2.41. The van der Waals surface area contributed by atoms with E-state index in [1.807, 2.05) is 0 Å². The molecule has 0 bridgehead atoms. The first-order valence-electron chi connectivity index (χ1n) is 7.61. The average molecular weight is 237 g/mol. The monoisotopic (exact) mass is 237 g/mol. The van der Waals surface area contributed by atoms with Gasteiger partial charge >= 0.3 is 0 Å². The standard InChI is InChI=1S/C15H27NO/c1-10-3-4-11(2)14(9-10)16-13-7-8-17-15(13)12-5-6-12/h10-16H,3-9H2,1-2H3. The van der Waals surface area contributed by atoms with Crippen LogP contribution in [-0.2, 0) is 4.74 Å². The van der Waals surface area contributed by atoms with Gasteiger partial charge in [-0.3, -0.25) is 0 Å². The third-order valence-electron chi connectivity index (χ3n) is 5.11. The van der Waals surface area contributed by atoms with Crippen molar-refractivity contribution in [1.29, 1.82) is 0 Å². The molecule has 2 heteroatoms. The lowest BCUT2D eigenvalue weighted by Gasteiger charge is -2.36. The van der Waals surface area contributed by atoms with Crippen LogP contribution in [0.1, 0.15) is 52.4 Å². The number of hydrogen-bond donors (Lipinski definition) is 1. The fourth-order valence-corrected chi connectivity index (χ4v) is 3.72. The molecule has 0 aromatic carbocycles. The highest BCUT2D eigenvalue weighted by Crippen LogP contribution is 2.39. The maximum atomic E-state index is 5.93. The minimum absolute atomic E-state index is 0.541. The van der Waals surface area contributed by atoms with Crippen molar-refractivity contribution in [3.8, 4) is 0 Å². The van der Waals surface area contributed by atoms with E-state index in [-0.39, 0.29) is 0 Å². The molecule has 1 saturated heterocycles. The van der Waals surface area contributed by atoms with Crippen molar-refractivity contribution >= 4 is 0 Å². The van der Waals surface area contributed by atoms with E-state index < -0.39 is 0 Å². The van der Waals surface area contributed by atoms with Gasteiger partial charge in [0.15, 0.2) is 0 Å². The van der Waals surface area contributed by atoms with Crippen molar-refractivity contribution in [2.75, 3.05) is 6.61 Å². The largest absolute Gasteiger partial charge is 0.376 e. The molecular weight excluding hydrogens is 210 g/mol. The van der Waals surface area contributed by atoms with Crippen molar-refractivity contribution in [3.05, 3.63) is 0 Å². The number of ether oxygens (including phenoxy) is 1. The first-order chi connectivity index (χ1) is 8.24. The Morgan fingerprint density at radius 1 is 0.941 bits per heavy atom. The van der Waals surface area contributed by atoms with Gasteiger partial charge in [-0.05, 0) is 49.9 Å². The lowest BCUT2D eigenvalue weighted by atomic mass is 9.79. The van der Waals surface area contributed by atoms with Crippen LogP contribution in [0.5, 0.6) is 0 Å². The van der Waals surface area contributed by atoms with Crippen LogP contribution >= 0.6 is 0 Å². The number of nitrogens with one attached hydrogen (secondary N) is 1. The summed E-state index contributed by atoms with van der Waals surface area (Å²) in [6.45, 7) is 5.81. The van der Waals surface area contributed by atoms with E-state index >= 15 is 0 Å². The number of rotatable bonds is 3. The Hall–Kier alpha value is -0.0800. The zero-order chi connectivity index (χ0) is 11.8. The molecule has 2 aliphatic carbocycles. The summed E-state index contributed by atoms with van der Waals surface area (Å²) in [5.74, 6) is 2.64. The van der Waals surface area contributed by atoms with Crippen LogP contribution in [0.2, 0.25) is 0 Å². The van der Waals surface area contributed by atoms with Crippen molar-refractivity contribution in [3.63, 3.8) is 0 Å². The lowest BCUT2D eigenvalue weighted by molar-refractivity contribution is 0.0736. The Balaban J connectivity index is 1.57. The van der Waals surface area contributed by atoms with Crippen molar-refractivity contribution in [1.82, 2.24) is 5.32 Å².